The minimum absolute atomic E-state index is 0.0726. The van der Waals surface area contributed by atoms with Crippen molar-refractivity contribution in [1.82, 2.24) is 5.32 Å². The fourth-order valence-electron chi connectivity index (χ4n) is 4.11. The normalized spacial score (nSPS) is 12.9. The molecule has 0 aromatic heterocycles. The zero-order chi connectivity index (χ0) is 24.9. The Morgan fingerprint density at radius 2 is 1.60 bits per heavy atom. The van der Waals surface area contributed by atoms with E-state index in [0.29, 0.717) is 10.2 Å². The van der Waals surface area contributed by atoms with E-state index >= 15 is 0 Å². The molecule has 1 unspecified atom stereocenters. The van der Waals surface area contributed by atoms with Crippen molar-refractivity contribution in [3.05, 3.63) is 87.9 Å². The number of carbonyl (C=O) groups is 3. The standard InChI is InChI=1S/C26H23BrN2O6/c27-23-10-9-15(11-21(23)25(33)28-13-16(30)12-24(31)32)29-26(34)35-14-22-19-7-3-1-5-17(19)18-6-2-4-8-20(18)22/h1-11,16,22,30H,12-14H2,(H,28,33)(H,29,34)(H,31,32). The number of carbonyl (C=O) groups excluding carboxylic acids is 2. The Morgan fingerprint density at radius 1 is 0.971 bits per heavy atom. The minimum Gasteiger partial charge on any atom is -0.481 e. The molecule has 1 atom stereocenters. The summed E-state index contributed by atoms with van der Waals surface area (Å²) in [5, 5.41) is 23.5. The van der Waals surface area contributed by atoms with Gasteiger partial charge >= 0.3 is 12.1 Å². The monoisotopic (exact) mass is 538 g/mol. The van der Waals surface area contributed by atoms with E-state index in [1.807, 2.05) is 36.4 Å². The van der Waals surface area contributed by atoms with Crippen LogP contribution in [0, 0.1) is 0 Å². The fraction of sp³-hybridized carbons (Fsp3) is 0.192. The largest absolute Gasteiger partial charge is 0.481 e. The third kappa shape index (κ3) is 5.70. The van der Waals surface area contributed by atoms with Gasteiger partial charge in [-0.05, 0) is 56.4 Å². The summed E-state index contributed by atoms with van der Waals surface area (Å²) in [5.41, 5.74) is 5.04. The Bertz CT molecular complexity index is 1230. The van der Waals surface area contributed by atoms with Gasteiger partial charge in [-0.3, -0.25) is 14.9 Å². The molecule has 0 bridgehead atoms. The maximum atomic E-state index is 12.5. The first-order valence-corrected chi connectivity index (χ1v) is 11.7. The van der Waals surface area contributed by atoms with Gasteiger partial charge in [0.25, 0.3) is 5.91 Å². The van der Waals surface area contributed by atoms with Crippen LogP contribution in [0.25, 0.3) is 11.1 Å². The number of benzene rings is 3. The average molecular weight is 539 g/mol. The summed E-state index contributed by atoms with van der Waals surface area (Å²) in [6.45, 7) is -0.0627. The Labute approximate surface area is 210 Å². The van der Waals surface area contributed by atoms with Gasteiger partial charge in [0, 0.05) is 22.6 Å². The number of aliphatic carboxylic acids is 1. The van der Waals surface area contributed by atoms with Gasteiger partial charge in [0.1, 0.15) is 6.61 Å². The lowest BCUT2D eigenvalue weighted by atomic mass is 9.98. The van der Waals surface area contributed by atoms with E-state index in [-0.39, 0.29) is 24.6 Å². The molecule has 0 saturated carbocycles. The second kappa shape index (κ2) is 10.7. The lowest BCUT2D eigenvalue weighted by Gasteiger charge is -2.15. The van der Waals surface area contributed by atoms with Gasteiger partial charge < -0.3 is 20.3 Å². The SMILES string of the molecule is O=C(O)CC(O)CNC(=O)c1cc(NC(=O)OCC2c3ccccc3-c3ccccc32)ccc1Br. The number of aliphatic hydroxyl groups excluding tert-OH is 1. The number of rotatable bonds is 8. The molecule has 0 saturated heterocycles. The van der Waals surface area contributed by atoms with Crippen LogP contribution in [0.5, 0.6) is 0 Å². The van der Waals surface area contributed by atoms with Crippen molar-refractivity contribution in [2.75, 3.05) is 18.5 Å². The first-order chi connectivity index (χ1) is 16.8. The molecule has 0 fully saturated rings. The van der Waals surface area contributed by atoms with Crippen LogP contribution in [-0.2, 0) is 9.53 Å². The lowest BCUT2D eigenvalue weighted by molar-refractivity contribution is -0.139. The maximum Gasteiger partial charge on any atom is 0.411 e. The van der Waals surface area contributed by atoms with Gasteiger partial charge in [-0.1, -0.05) is 48.5 Å². The third-order valence-electron chi connectivity index (χ3n) is 5.71. The predicted octanol–water partition coefficient (Wildman–Crippen LogP) is 4.38. The molecule has 0 radical (unpaired) electrons. The molecular formula is C26H23BrN2O6. The Balaban J connectivity index is 1.38. The van der Waals surface area contributed by atoms with Gasteiger partial charge in [0.2, 0.25) is 0 Å². The summed E-state index contributed by atoms with van der Waals surface area (Å²) in [6, 6.07) is 20.8. The summed E-state index contributed by atoms with van der Waals surface area (Å²) >= 11 is 3.29. The van der Waals surface area contributed by atoms with E-state index in [0.717, 1.165) is 22.3 Å². The van der Waals surface area contributed by atoms with Crippen LogP contribution in [0.3, 0.4) is 0 Å². The topological polar surface area (TPSA) is 125 Å². The highest BCUT2D eigenvalue weighted by molar-refractivity contribution is 9.10. The summed E-state index contributed by atoms with van der Waals surface area (Å²) < 4.78 is 6.01. The number of aliphatic hydroxyl groups is 1. The molecule has 8 nitrogen and oxygen atoms in total. The fourth-order valence-corrected chi connectivity index (χ4v) is 4.54. The number of halogens is 1. The summed E-state index contributed by atoms with van der Waals surface area (Å²) in [4.78, 5) is 35.7. The van der Waals surface area contributed by atoms with Crippen molar-refractivity contribution in [2.24, 2.45) is 0 Å². The van der Waals surface area contributed by atoms with Crippen molar-refractivity contribution in [1.29, 1.82) is 0 Å². The molecule has 35 heavy (non-hydrogen) atoms. The first kappa shape index (κ1) is 24.4. The molecule has 0 spiro atoms. The van der Waals surface area contributed by atoms with Gasteiger partial charge in [-0.2, -0.15) is 0 Å². The molecule has 1 aliphatic carbocycles. The molecule has 2 amide bonds. The molecule has 4 N–H and O–H groups in total. The number of anilines is 1. The number of carboxylic acid groups (broad SMARTS) is 1. The van der Waals surface area contributed by atoms with E-state index < -0.39 is 30.5 Å². The molecular weight excluding hydrogens is 516 g/mol. The molecule has 4 rings (SSSR count). The second-order valence-corrected chi connectivity index (χ2v) is 8.96. The quantitative estimate of drug-likeness (QED) is 0.337. The Morgan fingerprint density at radius 3 is 2.23 bits per heavy atom. The molecule has 0 aliphatic heterocycles. The predicted molar refractivity (Wildman–Crippen MR) is 133 cm³/mol. The van der Waals surface area contributed by atoms with Gasteiger partial charge in [-0.15, -0.1) is 0 Å². The van der Waals surface area contributed by atoms with Crippen molar-refractivity contribution >= 4 is 39.6 Å². The van der Waals surface area contributed by atoms with Gasteiger partial charge in [0.05, 0.1) is 18.1 Å². The zero-order valence-corrected chi connectivity index (χ0v) is 20.1. The molecule has 3 aromatic carbocycles. The van der Waals surface area contributed by atoms with Crippen LogP contribution in [-0.4, -0.2) is 47.4 Å². The maximum absolute atomic E-state index is 12.5. The van der Waals surface area contributed by atoms with E-state index in [1.54, 1.807) is 12.1 Å². The highest BCUT2D eigenvalue weighted by atomic mass is 79.9. The van der Waals surface area contributed by atoms with Crippen molar-refractivity contribution in [3.63, 3.8) is 0 Å². The minimum atomic E-state index is -1.21. The van der Waals surface area contributed by atoms with E-state index in [2.05, 4.69) is 38.7 Å². The highest BCUT2D eigenvalue weighted by Crippen LogP contribution is 2.44. The molecule has 9 heteroatoms. The number of amides is 2. The summed E-state index contributed by atoms with van der Waals surface area (Å²) in [5.74, 6) is -1.77. The van der Waals surface area contributed by atoms with Crippen LogP contribution in [0.15, 0.2) is 71.2 Å². The molecule has 180 valence electrons. The zero-order valence-electron chi connectivity index (χ0n) is 18.5. The number of ether oxygens (including phenoxy) is 1. The Kier molecular flexibility index (Phi) is 7.48. The van der Waals surface area contributed by atoms with Crippen LogP contribution < -0.4 is 10.6 Å². The lowest BCUT2D eigenvalue weighted by Crippen LogP contribution is -2.33. The van der Waals surface area contributed by atoms with Crippen molar-refractivity contribution < 1.29 is 29.3 Å². The smallest absolute Gasteiger partial charge is 0.411 e. The van der Waals surface area contributed by atoms with Gasteiger partial charge in [-0.25, -0.2) is 4.79 Å². The number of hydrogen-bond donors (Lipinski definition) is 4. The van der Waals surface area contributed by atoms with Crippen LogP contribution in [0.1, 0.15) is 33.8 Å². The van der Waals surface area contributed by atoms with Gasteiger partial charge in [0.15, 0.2) is 0 Å². The van der Waals surface area contributed by atoms with Crippen molar-refractivity contribution in [3.8, 4) is 11.1 Å². The van der Waals surface area contributed by atoms with E-state index in [9.17, 15) is 19.5 Å². The second-order valence-electron chi connectivity index (χ2n) is 8.11. The van der Waals surface area contributed by atoms with E-state index in [4.69, 9.17) is 9.84 Å². The molecule has 0 heterocycles. The third-order valence-corrected chi connectivity index (χ3v) is 6.40. The number of hydrogen-bond acceptors (Lipinski definition) is 5. The average Bonchev–Trinajstić information content (AvgIpc) is 3.16. The number of carboxylic acids is 1. The number of nitrogens with one attached hydrogen (secondary N) is 2. The molecule has 3 aromatic rings. The van der Waals surface area contributed by atoms with Crippen LogP contribution >= 0.6 is 15.9 Å². The first-order valence-electron chi connectivity index (χ1n) is 10.9. The van der Waals surface area contributed by atoms with Crippen LogP contribution in [0.2, 0.25) is 0 Å². The summed E-state index contributed by atoms with van der Waals surface area (Å²) in [7, 11) is 0. The van der Waals surface area contributed by atoms with Crippen LogP contribution in [0.4, 0.5) is 10.5 Å². The highest BCUT2D eigenvalue weighted by Gasteiger charge is 2.29. The van der Waals surface area contributed by atoms with E-state index in [1.165, 1.54) is 6.07 Å². The number of fused-ring (bicyclic) bond motifs is 3. The van der Waals surface area contributed by atoms with Crippen molar-refractivity contribution in [2.45, 2.75) is 18.4 Å². The molecule has 1 aliphatic rings. The summed E-state index contributed by atoms with van der Waals surface area (Å²) in [6.07, 6.45) is -2.35. The Hall–Kier alpha value is -3.69.